The number of hydrogen-bond acceptors (Lipinski definition) is 4. The van der Waals surface area contributed by atoms with Crippen LogP contribution in [-0.2, 0) is 9.53 Å². The van der Waals surface area contributed by atoms with Crippen molar-refractivity contribution in [2.24, 2.45) is 0 Å². The summed E-state index contributed by atoms with van der Waals surface area (Å²) in [7, 11) is 0. The Bertz CT molecular complexity index is 662. The molecule has 1 N–H and O–H groups in total. The average Bonchev–Trinajstić information content (AvgIpc) is 2.53. The highest BCUT2D eigenvalue weighted by molar-refractivity contribution is 5.86. The van der Waals surface area contributed by atoms with Crippen LogP contribution in [0.1, 0.15) is 6.92 Å². The Balaban J connectivity index is 2.01. The number of phenolic OH excluding ortho intramolecular Hbond substituents is 1. The van der Waals surface area contributed by atoms with Crippen LogP contribution < -0.4 is 4.74 Å². The van der Waals surface area contributed by atoms with E-state index in [1.54, 1.807) is 19.1 Å². The van der Waals surface area contributed by atoms with E-state index in [1.807, 2.05) is 36.4 Å². The van der Waals surface area contributed by atoms with Crippen LogP contribution in [0.5, 0.6) is 11.5 Å². The van der Waals surface area contributed by atoms with Gasteiger partial charge in [0.2, 0.25) is 0 Å². The second-order valence-corrected chi connectivity index (χ2v) is 4.78. The number of carbonyl (C=O) groups excluding carboxylic acids is 1. The van der Waals surface area contributed by atoms with Gasteiger partial charge in [-0.15, -0.1) is 0 Å². The maximum Gasteiger partial charge on any atom is 0.333 e. The number of esters is 1. The molecule has 0 radical (unpaired) electrons. The quantitative estimate of drug-likeness (QED) is 0.503. The number of rotatable bonds is 6. The van der Waals surface area contributed by atoms with Gasteiger partial charge in [-0.2, -0.15) is 0 Å². The molecule has 4 nitrogen and oxygen atoms in total. The molecular formula is C18H18O4. The minimum Gasteiger partial charge on any atom is -0.504 e. The summed E-state index contributed by atoms with van der Waals surface area (Å²) >= 11 is 0. The Morgan fingerprint density at radius 3 is 2.50 bits per heavy atom. The number of ether oxygens (including phenoxy) is 2. The van der Waals surface area contributed by atoms with E-state index in [9.17, 15) is 9.90 Å². The van der Waals surface area contributed by atoms with E-state index >= 15 is 0 Å². The fourth-order valence-electron chi connectivity index (χ4n) is 1.90. The zero-order chi connectivity index (χ0) is 15.9. The van der Waals surface area contributed by atoms with Crippen LogP contribution in [0, 0.1) is 0 Å². The van der Waals surface area contributed by atoms with Gasteiger partial charge in [0.05, 0.1) is 0 Å². The molecular weight excluding hydrogens is 280 g/mol. The van der Waals surface area contributed by atoms with Crippen LogP contribution in [0.25, 0.3) is 11.1 Å². The minimum atomic E-state index is -0.453. The van der Waals surface area contributed by atoms with Gasteiger partial charge in [0.15, 0.2) is 11.5 Å². The number of para-hydroxylation sites is 1. The van der Waals surface area contributed by atoms with E-state index in [1.165, 1.54) is 0 Å². The summed E-state index contributed by atoms with van der Waals surface area (Å²) in [4.78, 5) is 11.2. The normalized spacial score (nSPS) is 10.0. The van der Waals surface area contributed by atoms with Crippen molar-refractivity contribution in [2.75, 3.05) is 13.2 Å². The van der Waals surface area contributed by atoms with Gasteiger partial charge >= 0.3 is 5.97 Å². The SMILES string of the molecule is C=C(C)C(=O)OCCOc1cccc(-c2ccccc2)c1O. The minimum absolute atomic E-state index is 0.0694. The van der Waals surface area contributed by atoms with Gasteiger partial charge in [-0.1, -0.05) is 49.0 Å². The first-order chi connectivity index (χ1) is 10.6. The van der Waals surface area contributed by atoms with Crippen molar-refractivity contribution in [1.29, 1.82) is 0 Å². The first-order valence-corrected chi connectivity index (χ1v) is 6.92. The summed E-state index contributed by atoms with van der Waals surface area (Å²) in [6, 6.07) is 14.8. The molecule has 22 heavy (non-hydrogen) atoms. The molecule has 2 aromatic rings. The van der Waals surface area contributed by atoms with Gasteiger partial charge in [-0.05, 0) is 18.6 Å². The summed E-state index contributed by atoms with van der Waals surface area (Å²) in [5, 5.41) is 10.3. The monoisotopic (exact) mass is 298 g/mol. The highest BCUT2D eigenvalue weighted by Gasteiger charge is 2.10. The molecule has 0 spiro atoms. The van der Waals surface area contributed by atoms with E-state index < -0.39 is 5.97 Å². The topological polar surface area (TPSA) is 55.8 Å². The second kappa shape index (κ2) is 7.31. The summed E-state index contributed by atoms with van der Waals surface area (Å²) in [6.07, 6.45) is 0. The molecule has 2 rings (SSSR count). The van der Waals surface area contributed by atoms with E-state index in [0.29, 0.717) is 16.9 Å². The first-order valence-electron chi connectivity index (χ1n) is 6.92. The van der Waals surface area contributed by atoms with Gasteiger partial charge in [-0.3, -0.25) is 0 Å². The molecule has 0 atom stereocenters. The molecule has 2 aromatic carbocycles. The summed E-state index contributed by atoms with van der Waals surface area (Å²) in [5.74, 6) is -0.0292. The fourth-order valence-corrected chi connectivity index (χ4v) is 1.90. The Morgan fingerprint density at radius 2 is 1.82 bits per heavy atom. The molecule has 0 aliphatic carbocycles. The predicted octanol–water partition coefficient (Wildman–Crippen LogP) is 3.56. The smallest absolute Gasteiger partial charge is 0.333 e. The lowest BCUT2D eigenvalue weighted by Crippen LogP contribution is -2.12. The molecule has 0 amide bonds. The highest BCUT2D eigenvalue weighted by atomic mass is 16.6. The van der Waals surface area contributed by atoms with Crippen molar-refractivity contribution in [3.63, 3.8) is 0 Å². The number of hydrogen-bond donors (Lipinski definition) is 1. The van der Waals surface area contributed by atoms with E-state index in [4.69, 9.17) is 9.47 Å². The Kier molecular flexibility index (Phi) is 5.20. The Labute approximate surface area is 129 Å². The maximum atomic E-state index is 11.2. The lowest BCUT2D eigenvalue weighted by atomic mass is 10.0. The summed E-state index contributed by atoms with van der Waals surface area (Å²) < 4.78 is 10.4. The molecule has 0 fully saturated rings. The molecule has 114 valence electrons. The molecule has 0 saturated carbocycles. The molecule has 0 aliphatic heterocycles. The molecule has 0 heterocycles. The van der Waals surface area contributed by atoms with Crippen LogP contribution in [-0.4, -0.2) is 24.3 Å². The van der Waals surface area contributed by atoms with Crippen molar-refractivity contribution in [1.82, 2.24) is 0 Å². The number of phenols is 1. The molecule has 0 unspecified atom stereocenters. The molecule has 0 saturated heterocycles. The van der Waals surface area contributed by atoms with Crippen LogP contribution >= 0.6 is 0 Å². The van der Waals surface area contributed by atoms with E-state index in [0.717, 1.165) is 5.56 Å². The largest absolute Gasteiger partial charge is 0.504 e. The van der Waals surface area contributed by atoms with Crippen LogP contribution in [0.4, 0.5) is 0 Å². The van der Waals surface area contributed by atoms with Crippen molar-refractivity contribution >= 4 is 5.97 Å². The third-order valence-electron chi connectivity index (χ3n) is 3.01. The van der Waals surface area contributed by atoms with Crippen LogP contribution in [0.15, 0.2) is 60.7 Å². The fraction of sp³-hybridized carbons (Fsp3) is 0.167. The lowest BCUT2D eigenvalue weighted by Gasteiger charge is -2.11. The number of aromatic hydroxyl groups is 1. The molecule has 0 bridgehead atoms. The van der Waals surface area contributed by atoms with E-state index in [2.05, 4.69) is 6.58 Å². The van der Waals surface area contributed by atoms with Crippen LogP contribution in [0.3, 0.4) is 0 Å². The number of benzene rings is 2. The molecule has 0 aromatic heterocycles. The summed E-state index contributed by atoms with van der Waals surface area (Å²) in [6.45, 7) is 5.33. The number of carbonyl (C=O) groups is 1. The van der Waals surface area contributed by atoms with Crippen molar-refractivity contribution in [2.45, 2.75) is 6.92 Å². The third kappa shape index (κ3) is 3.88. The highest BCUT2D eigenvalue weighted by Crippen LogP contribution is 2.36. The zero-order valence-corrected chi connectivity index (χ0v) is 12.4. The predicted molar refractivity (Wildman–Crippen MR) is 84.8 cm³/mol. The summed E-state index contributed by atoms with van der Waals surface area (Å²) in [5.41, 5.74) is 1.94. The molecule has 0 aliphatic rings. The van der Waals surface area contributed by atoms with Crippen LogP contribution in [0.2, 0.25) is 0 Å². The third-order valence-corrected chi connectivity index (χ3v) is 3.01. The second-order valence-electron chi connectivity index (χ2n) is 4.78. The standard InChI is InChI=1S/C18H18O4/c1-13(2)18(20)22-12-11-21-16-10-6-9-15(17(16)19)14-7-4-3-5-8-14/h3-10,19H,1,11-12H2,2H3. The van der Waals surface area contributed by atoms with Gasteiger partial charge in [-0.25, -0.2) is 4.79 Å². The van der Waals surface area contributed by atoms with E-state index in [-0.39, 0.29) is 19.0 Å². The molecule has 4 heteroatoms. The Morgan fingerprint density at radius 1 is 1.09 bits per heavy atom. The van der Waals surface area contributed by atoms with Crippen molar-refractivity contribution < 1.29 is 19.4 Å². The zero-order valence-electron chi connectivity index (χ0n) is 12.4. The Hall–Kier alpha value is -2.75. The van der Waals surface area contributed by atoms with Gasteiger partial charge in [0.25, 0.3) is 0 Å². The maximum absolute atomic E-state index is 11.2. The average molecular weight is 298 g/mol. The van der Waals surface area contributed by atoms with Gasteiger partial charge in [0, 0.05) is 11.1 Å². The van der Waals surface area contributed by atoms with Gasteiger partial charge in [0.1, 0.15) is 13.2 Å². The van der Waals surface area contributed by atoms with Crippen molar-refractivity contribution in [3.8, 4) is 22.6 Å². The first kappa shape index (κ1) is 15.6. The van der Waals surface area contributed by atoms with Crippen molar-refractivity contribution in [3.05, 3.63) is 60.7 Å². The lowest BCUT2D eigenvalue weighted by molar-refractivity contribution is -0.139. The van der Waals surface area contributed by atoms with Gasteiger partial charge < -0.3 is 14.6 Å².